The zero-order valence-corrected chi connectivity index (χ0v) is 12.2. The molecule has 1 aromatic carbocycles. The van der Waals surface area contributed by atoms with Gasteiger partial charge >= 0.3 is 0 Å². The fourth-order valence-electron chi connectivity index (χ4n) is 2.74. The molecule has 3 N–H and O–H groups in total. The number of aliphatic hydroxyl groups excluding tert-OH is 2. The van der Waals surface area contributed by atoms with Crippen molar-refractivity contribution in [2.24, 2.45) is 0 Å². The van der Waals surface area contributed by atoms with E-state index in [2.05, 4.69) is 5.32 Å². The Kier molecular flexibility index (Phi) is 5.96. The Morgan fingerprint density at radius 2 is 1.86 bits per heavy atom. The molecule has 21 heavy (non-hydrogen) atoms. The number of nitrogens with one attached hydrogen (secondary N) is 1. The second-order valence-electron chi connectivity index (χ2n) is 5.80. The molecular weight excluding hydrogens is 273 g/mol. The molecule has 0 aliphatic heterocycles. The molecule has 0 amide bonds. The summed E-state index contributed by atoms with van der Waals surface area (Å²) in [6.45, 7) is 0.612. The van der Waals surface area contributed by atoms with Gasteiger partial charge in [0.1, 0.15) is 24.3 Å². The minimum atomic E-state index is -0.666. The first-order valence-corrected chi connectivity index (χ1v) is 7.56. The molecule has 1 fully saturated rings. The summed E-state index contributed by atoms with van der Waals surface area (Å²) in [4.78, 5) is 0. The number of benzene rings is 1. The largest absolute Gasteiger partial charge is 0.491 e. The predicted molar refractivity (Wildman–Crippen MR) is 78.8 cm³/mol. The molecule has 1 unspecified atom stereocenters. The topological polar surface area (TPSA) is 61.7 Å². The van der Waals surface area contributed by atoms with Crippen molar-refractivity contribution in [3.05, 3.63) is 30.1 Å². The first kappa shape index (κ1) is 16.2. The van der Waals surface area contributed by atoms with E-state index in [4.69, 9.17) is 4.74 Å². The van der Waals surface area contributed by atoms with Gasteiger partial charge in [-0.2, -0.15) is 0 Å². The van der Waals surface area contributed by atoms with E-state index >= 15 is 0 Å². The maximum atomic E-state index is 12.8. The molecule has 1 aliphatic rings. The van der Waals surface area contributed by atoms with Crippen molar-refractivity contribution in [2.75, 3.05) is 19.8 Å². The van der Waals surface area contributed by atoms with E-state index in [0.717, 1.165) is 25.7 Å². The molecule has 1 aromatic rings. The third-order valence-corrected chi connectivity index (χ3v) is 4.08. The predicted octanol–water partition coefficient (Wildman–Crippen LogP) is 1.85. The quantitative estimate of drug-likeness (QED) is 0.719. The Bertz CT molecular complexity index is 418. The number of aliphatic hydroxyl groups is 2. The normalized spacial score (nSPS) is 19.2. The van der Waals surface area contributed by atoms with Crippen molar-refractivity contribution in [3.63, 3.8) is 0 Å². The van der Waals surface area contributed by atoms with E-state index in [1.807, 2.05) is 0 Å². The van der Waals surface area contributed by atoms with Crippen molar-refractivity contribution >= 4 is 0 Å². The highest BCUT2D eigenvalue weighted by atomic mass is 19.1. The summed E-state index contributed by atoms with van der Waals surface area (Å²) >= 11 is 0. The summed E-state index contributed by atoms with van der Waals surface area (Å²) in [6, 6.07) is 5.71. The van der Waals surface area contributed by atoms with Gasteiger partial charge < -0.3 is 20.3 Å². The van der Waals surface area contributed by atoms with Crippen LogP contribution >= 0.6 is 0 Å². The van der Waals surface area contributed by atoms with Crippen LogP contribution in [0.2, 0.25) is 0 Å². The molecule has 0 aromatic heterocycles. The van der Waals surface area contributed by atoms with Crippen molar-refractivity contribution in [1.29, 1.82) is 0 Å². The molecule has 2 rings (SSSR count). The summed E-state index contributed by atoms with van der Waals surface area (Å²) in [5, 5.41) is 22.8. The summed E-state index contributed by atoms with van der Waals surface area (Å²) in [5.41, 5.74) is -0.255. The Hall–Kier alpha value is -1.17. The monoisotopic (exact) mass is 297 g/mol. The van der Waals surface area contributed by atoms with Gasteiger partial charge in [0.05, 0.1) is 6.61 Å². The van der Waals surface area contributed by atoms with Gasteiger partial charge in [0.2, 0.25) is 0 Å². The van der Waals surface area contributed by atoms with E-state index < -0.39 is 6.10 Å². The number of hydrogen-bond donors (Lipinski definition) is 3. The fraction of sp³-hybridized carbons (Fsp3) is 0.625. The van der Waals surface area contributed by atoms with Crippen LogP contribution in [0.3, 0.4) is 0 Å². The van der Waals surface area contributed by atoms with Gasteiger partial charge in [-0.3, -0.25) is 0 Å². The highest BCUT2D eigenvalue weighted by Gasteiger charge is 2.31. The van der Waals surface area contributed by atoms with E-state index in [1.165, 1.54) is 30.7 Å². The van der Waals surface area contributed by atoms with Gasteiger partial charge in [-0.05, 0) is 37.1 Å². The lowest BCUT2D eigenvalue weighted by atomic mass is 9.82. The Balaban J connectivity index is 1.73. The third-order valence-electron chi connectivity index (χ3n) is 4.08. The molecule has 0 heterocycles. The average Bonchev–Trinajstić information content (AvgIpc) is 2.53. The number of rotatable bonds is 7. The Morgan fingerprint density at radius 3 is 2.48 bits per heavy atom. The molecule has 0 saturated heterocycles. The van der Waals surface area contributed by atoms with Crippen LogP contribution in [0.4, 0.5) is 4.39 Å². The highest BCUT2D eigenvalue weighted by molar-refractivity contribution is 5.22. The van der Waals surface area contributed by atoms with Crippen LogP contribution in [0.25, 0.3) is 0 Å². The van der Waals surface area contributed by atoms with Crippen LogP contribution < -0.4 is 10.1 Å². The number of β-amino-alcohol motifs (C(OH)–C–C–N with tert-alkyl or cyclic N) is 1. The molecule has 1 saturated carbocycles. The van der Waals surface area contributed by atoms with E-state index in [1.54, 1.807) is 0 Å². The second-order valence-corrected chi connectivity index (χ2v) is 5.80. The Morgan fingerprint density at radius 1 is 1.19 bits per heavy atom. The maximum Gasteiger partial charge on any atom is 0.123 e. The standard InChI is InChI=1S/C16H24FNO3/c17-13-4-6-15(7-5-13)21-11-14(20)10-18-16(12-19)8-2-1-3-9-16/h4-7,14,18-20H,1-3,8-12H2. The van der Waals surface area contributed by atoms with Crippen molar-refractivity contribution in [3.8, 4) is 5.75 Å². The van der Waals surface area contributed by atoms with E-state index in [-0.39, 0.29) is 24.6 Å². The molecule has 0 spiro atoms. The first-order valence-electron chi connectivity index (χ1n) is 7.56. The van der Waals surface area contributed by atoms with Crippen LogP contribution in [-0.2, 0) is 0 Å². The fourth-order valence-corrected chi connectivity index (χ4v) is 2.74. The number of ether oxygens (including phenoxy) is 1. The van der Waals surface area contributed by atoms with Crippen molar-refractivity contribution < 1.29 is 19.3 Å². The zero-order chi connectivity index (χ0) is 15.1. The lowest BCUT2D eigenvalue weighted by Crippen LogP contribution is -2.52. The van der Waals surface area contributed by atoms with Gasteiger partial charge in [-0.15, -0.1) is 0 Å². The Labute approximate surface area is 124 Å². The smallest absolute Gasteiger partial charge is 0.123 e. The summed E-state index contributed by atoms with van der Waals surface area (Å²) < 4.78 is 18.2. The SMILES string of the molecule is OCC1(NCC(O)COc2ccc(F)cc2)CCCCC1. The van der Waals surface area contributed by atoms with Crippen LogP contribution in [0.5, 0.6) is 5.75 Å². The molecule has 118 valence electrons. The summed E-state index contributed by atoms with van der Waals surface area (Å²) in [5.74, 6) is 0.219. The van der Waals surface area contributed by atoms with Crippen LogP contribution in [0.15, 0.2) is 24.3 Å². The maximum absolute atomic E-state index is 12.8. The molecule has 1 aliphatic carbocycles. The molecule has 4 nitrogen and oxygen atoms in total. The van der Waals surface area contributed by atoms with Crippen LogP contribution in [0, 0.1) is 5.82 Å². The van der Waals surface area contributed by atoms with Crippen LogP contribution in [0.1, 0.15) is 32.1 Å². The molecule has 0 bridgehead atoms. The minimum absolute atomic E-state index is 0.0958. The lowest BCUT2D eigenvalue weighted by molar-refractivity contribution is 0.0711. The van der Waals surface area contributed by atoms with Gasteiger partial charge in [-0.1, -0.05) is 19.3 Å². The molecular formula is C16H24FNO3. The molecule has 5 heteroatoms. The highest BCUT2D eigenvalue weighted by Crippen LogP contribution is 2.27. The van der Waals surface area contributed by atoms with Crippen molar-refractivity contribution in [1.82, 2.24) is 5.32 Å². The number of halogens is 1. The minimum Gasteiger partial charge on any atom is -0.491 e. The average molecular weight is 297 g/mol. The third kappa shape index (κ3) is 4.95. The zero-order valence-electron chi connectivity index (χ0n) is 12.2. The lowest BCUT2D eigenvalue weighted by Gasteiger charge is -2.37. The van der Waals surface area contributed by atoms with Crippen LogP contribution in [-0.4, -0.2) is 41.6 Å². The van der Waals surface area contributed by atoms with Gasteiger partial charge in [-0.25, -0.2) is 4.39 Å². The second kappa shape index (κ2) is 7.73. The van der Waals surface area contributed by atoms with Crippen molar-refractivity contribution in [2.45, 2.75) is 43.7 Å². The first-order chi connectivity index (χ1) is 10.1. The molecule has 0 radical (unpaired) electrons. The molecule has 1 atom stereocenters. The van der Waals surface area contributed by atoms with Gasteiger partial charge in [0, 0.05) is 12.1 Å². The van der Waals surface area contributed by atoms with E-state index in [0.29, 0.717) is 12.3 Å². The van der Waals surface area contributed by atoms with Gasteiger partial charge in [0.25, 0.3) is 0 Å². The van der Waals surface area contributed by atoms with E-state index in [9.17, 15) is 14.6 Å². The summed E-state index contributed by atoms with van der Waals surface area (Å²) in [6.07, 6.45) is 4.63. The summed E-state index contributed by atoms with van der Waals surface area (Å²) in [7, 11) is 0. The number of hydrogen-bond acceptors (Lipinski definition) is 4. The van der Waals surface area contributed by atoms with Gasteiger partial charge in [0.15, 0.2) is 0 Å².